The van der Waals surface area contributed by atoms with Crippen molar-refractivity contribution < 1.29 is 9.59 Å². The van der Waals surface area contributed by atoms with Gasteiger partial charge in [0.25, 0.3) is 0 Å². The van der Waals surface area contributed by atoms with Gasteiger partial charge < -0.3 is 15.5 Å². The normalized spacial score (nSPS) is 19.1. The highest BCUT2D eigenvalue weighted by Crippen LogP contribution is 2.26. The van der Waals surface area contributed by atoms with Crippen molar-refractivity contribution in [3.63, 3.8) is 0 Å². The second-order valence-corrected chi connectivity index (χ2v) is 6.31. The van der Waals surface area contributed by atoms with Crippen LogP contribution in [0.1, 0.15) is 18.9 Å². The summed E-state index contributed by atoms with van der Waals surface area (Å²) in [6.07, 6.45) is 0.887. The number of nitrogens with zero attached hydrogens (tertiary/aromatic N) is 2. The number of nitriles is 1. The summed E-state index contributed by atoms with van der Waals surface area (Å²) in [5.41, 5.74) is 2.34. The highest BCUT2D eigenvalue weighted by molar-refractivity contribution is 6.03. The Labute approximate surface area is 152 Å². The third-order valence-corrected chi connectivity index (χ3v) is 4.39. The molecule has 0 radical (unpaired) electrons. The summed E-state index contributed by atoms with van der Waals surface area (Å²) in [4.78, 5) is 26.6. The van der Waals surface area contributed by atoms with Crippen LogP contribution in [0.2, 0.25) is 0 Å². The Kier molecular flexibility index (Phi) is 5.18. The van der Waals surface area contributed by atoms with Crippen LogP contribution in [0.25, 0.3) is 0 Å². The zero-order valence-corrected chi connectivity index (χ0v) is 14.5. The first-order valence-electron chi connectivity index (χ1n) is 8.50. The molecule has 6 heteroatoms. The number of hydrogen-bond donors (Lipinski definition) is 2. The quantitative estimate of drug-likeness (QED) is 0.890. The summed E-state index contributed by atoms with van der Waals surface area (Å²) in [6.45, 7) is 1.97. The van der Waals surface area contributed by atoms with Crippen LogP contribution in [-0.2, 0) is 11.2 Å². The second kappa shape index (κ2) is 7.70. The number of urea groups is 1. The molecule has 0 aromatic heterocycles. The highest BCUT2D eigenvalue weighted by atomic mass is 16.2. The van der Waals surface area contributed by atoms with Gasteiger partial charge in [-0.25, -0.2) is 4.79 Å². The maximum absolute atomic E-state index is 12.7. The van der Waals surface area contributed by atoms with Crippen LogP contribution < -0.4 is 15.5 Å². The van der Waals surface area contributed by atoms with E-state index in [1.54, 1.807) is 29.2 Å². The summed E-state index contributed by atoms with van der Waals surface area (Å²) < 4.78 is 0. The van der Waals surface area contributed by atoms with Crippen molar-refractivity contribution in [1.29, 1.82) is 5.26 Å². The maximum Gasteiger partial charge on any atom is 0.319 e. The number of para-hydroxylation sites is 1. The van der Waals surface area contributed by atoms with E-state index in [-0.39, 0.29) is 11.9 Å². The maximum atomic E-state index is 12.7. The van der Waals surface area contributed by atoms with E-state index < -0.39 is 12.1 Å². The Bertz CT molecular complexity index is 827. The molecule has 3 rings (SSSR count). The van der Waals surface area contributed by atoms with Gasteiger partial charge in [-0.05, 0) is 43.2 Å². The fourth-order valence-electron chi connectivity index (χ4n) is 3.15. The van der Waals surface area contributed by atoms with Gasteiger partial charge in [-0.1, -0.05) is 30.3 Å². The molecule has 1 aliphatic rings. The van der Waals surface area contributed by atoms with Crippen molar-refractivity contribution in [3.8, 4) is 6.07 Å². The minimum absolute atomic E-state index is 0.0143. The van der Waals surface area contributed by atoms with Crippen molar-refractivity contribution in [2.24, 2.45) is 0 Å². The molecule has 1 heterocycles. The Balaban J connectivity index is 1.61. The molecule has 2 aromatic rings. The van der Waals surface area contributed by atoms with E-state index >= 15 is 0 Å². The minimum atomic E-state index is -0.553. The molecule has 0 spiro atoms. The number of benzene rings is 2. The standard InChI is InChI=1S/C20H20N4O2/c1-14-13-18(19(25)24(14)17-5-3-2-4-6-17)23-20(26)22-16-9-7-15(8-10-16)11-12-21/h2-10,14,18H,11,13H2,1H3,(H2,22,23,26). The summed E-state index contributed by atoms with van der Waals surface area (Å²) in [5, 5.41) is 14.2. The third-order valence-electron chi connectivity index (χ3n) is 4.39. The molecule has 26 heavy (non-hydrogen) atoms. The van der Waals surface area contributed by atoms with Crippen LogP contribution in [0.15, 0.2) is 54.6 Å². The molecular weight excluding hydrogens is 328 g/mol. The molecular formula is C20H20N4O2. The van der Waals surface area contributed by atoms with Gasteiger partial charge in [-0.15, -0.1) is 0 Å². The fourth-order valence-corrected chi connectivity index (χ4v) is 3.15. The molecule has 0 aliphatic carbocycles. The van der Waals surface area contributed by atoms with Crippen molar-refractivity contribution >= 4 is 23.3 Å². The fraction of sp³-hybridized carbons (Fsp3) is 0.250. The van der Waals surface area contributed by atoms with Crippen LogP contribution in [0.4, 0.5) is 16.2 Å². The molecule has 2 aromatic carbocycles. The number of amides is 3. The molecule has 132 valence electrons. The van der Waals surface area contributed by atoms with E-state index in [4.69, 9.17) is 5.26 Å². The lowest BCUT2D eigenvalue weighted by Crippen LogP contribution is -2.43. The average Bonchev–Trinajstić information content (AvgIpc) is 2.91. The first kappa shape index (κ1) is 17.5. The van der Waals surface area contributed by atoms with E-state index in [1.165, 1.54) is 0 Å². The summed E-state index contributed by atoms with van der Waals surface area (Å²) in [7, 11) is 0. The van der Waals surface area contributed by atoms with Gasteiger partial charge in [0, 0.05) is 17.4 Å². The number of nitrogens with one attached hydrogen (secondary N) is 2. The predicted octanol–water partition coefficient (Wildman–Crippen LogP) is 3.07. The van der Waals surface area contributed by atoms with E-state index in [1.807, 2.05) is 37.3 Å². The molecule has 1 saturated heterocycles. The number of carbonyl (C=O) groups is 2. The molecule has 2 unspecified atom stereocenters. The van der Waals surface area contributed by atoms with Crippen LogP contribution in [0.5, 0.6) is 0 Å². The molecule has 1 aliphatic heterocycles. The molecule has 1 fully saturated rings. The van der Waals surface area contributed by atoms with Crippen molar-refractivity contribution in [3.05, 3.63) is 60.2 Å². The summed E-state index contributed by atoms with van der Waals surface area (Å²) in [6, 6.07) is 17.6. The van der Waals surface area contributed by atoms with E-state index in [0.29, 0.717) is 18.5 Å². The lowest BCUT2D eigenvalue weighted by molar-refractivity contribution is -0.118. The monoisotopic (exact) mass is 348 g/mol. The van der Waals surface area contributed by atoms with Gasteiger partial charge in [-0.2, -0.15) is 5.26 Å². The van der Waals surface area contributed by atoms with Gasteiger partial charge in [-0.3, -0.25) is 4.79 Å². The van der Waals surface area contributed by atoms with Gasteiger partial charge in [0.05, 0.1) is 12.5 Å². The third kappa shape index (κ3) is 3.83. The van der Waals surface area contributed by atoms with Gasteiger partial charge in [0.1, 0.15) is 6.04 Å². The molecule has 6 nitrogen and oxygen atoms in total. The number of carbonyl (C=O) groups excluding carboxylic acids is 2. The van der Waals surface area contributed by atoms with Crippen molar-refractivity contribution in [2.45, 2.75) is 31.8 Å². The van der Waals surface area contributed by atoms with Crippen LogP contribution in [0, 0.1) is 11.3 Å². The Morgan fingerprint density at radius 1 is 1.19 bits per heavy atom. The zero-order valence-electron chi connectivity index (χ0n) is 14.5. The van der Waals surface area contributed by atoms with E-state index in [0.717, 1.165) is 11.3 Å². The number of anilines is 2. The first-order chi connectivity index (χ1) is 12.6. The minimum Gasteiger partial charge on any atom is -0.326 e. The SMILES string of the molecule is CC1CC(NC(=O)Nc2ccc(CC#N)cc2)C(=O)N1c1ccccc1. The van der Waals surface area contributed by atoms with Gasteiger partial charge >= 0.3 is 6.03 Å². The molecule has 2 atom stereocenters. The lowest BCUT2D eigenvalue weighted by Gasteiger charge is -2.21. The van der Waals surface area contributed by atoms with Gasteiger partial charge in [0.2, 0.25) is 5.91 Å². The Hall–Kier alpha value is -3.33. The number of hydrogen-bond acceptors (Lipinski definition) is 3. The Morgan fingerprint density at radius 2 is 1.88 bits per heavy atom. The highest BCUT2D eigenvalue weighted by Gasteiger charge is 2.38. The summed E-state index contributed by atoms with van der Waals surface area (Å²) >= 11 is 0. The first-order valence-corrected chi connectivity index (χ1v) is 8.50. The van der Waals surface area contributed by atoms with Crippen LogP contribution in [-0.4, -0.2) is 24.0 Å². The van der Waals surface area contributed by atoms with Crippen LogP contribution in [0.3, 0.4) is 0 Å². The van der Waals surface area contributed by atoms with Crippen LogP contribution >= 0.6 is 0 Å². The average molecular weight is 348 g/mol. The van der Waals surface area contributed by atoms with Gasteiger partial charge in [0.15, 0.2) is 0 Å². The van der Waals surface area contributed by atoms with E-state index in [9.17, 15) is 9.59 Å². The topological polar surface area (TPSA) is 85.2 Å². The molecule has 3 amide bonds. The molecule has 0 saturated carbocycles. The Morgan fingerprint density at radius 3 is 2.54 bits per heavy atom. The molecule has 0 bridgehead atoms. The second-order valence-electron chi connectivity index (χ2n) is 6.31. The van der Waals surface area contributed by atoms with E-state index in [2.05, 4.69) is 16.7 Å². The zero-order chi connectivity index (χ0) is 18.5. The smallest absolute Gasteiger partial charge is 0.319 e. The predicted molar refractivity (Wildman–Crippen MR) is 99.7 cm³/mol. The van der Waals surface area contributed by atoms with Crippen molar-refractivity contribution in [2.75, 3.05) is 10.2 Å². The lowest BCUT2D eigenvalue weighted by atomic mass is 10.1. The number of rotatable bonds is 4. The largest absolute Gasteiger partial charge is 0.326 e. The summed E-state index contributed by atoms with van der Waals surface area (Å²) in [5.74, 6) is -0.108. The van der Waals surface area contributed by atoms with Crippen molar-refractivity contribution in [1.82, 2.24) is 5.32 Å². The molecule has 2 N–H and O–H groups in total.